The molecule has 0 saturated heterocycles. The molecule has 0 saturated carbocycles. The van der Waals surface area contributed by atoms with E-state index >= 15 is 0 Å². The van der Waals surface area contributed by atoms with Gasteiger partial charge in [0.2, 0.25) is 0 Å². The lowest BCUT2D eigenvalue weighted by molar-refractivity contribution is 0.473. The Labute approximate surface area is 114 Å². The molecule has 2 rings (SSSR count). The van der Waals surface area contributed by atoms with E-state index in [-0.39, 0.29) is 0 Å². The number of hydrogen-bond acceptors (Lipinski definition) is 3. The van der Waals surface area contributed by atoms with Crippen LogP contribution in [-0.4, -0.2) is 11.5 Å². The molecule has 0 amide bonds. The lowest BCUT2D eigenvalue weighted by Gasteiger charge is -2.14. The zero-order valence-corrected chi connectivity index (χ0v) is 11.7. The van der Waals surface area contributed by atoms with Crippen molar-refractivity contribution in [1.82, 2.24) is 10.3 Å². The second-order valence-electron chi connectivity index (χ2n) is 4.54. The fraction of sp³-hybridized carbons (Fsp3) is 0.312. The Balaban J connectivity index is 2.18. The van der Waals surface area contributed by atoms with Crippen LogP contribution in [0.3, 0.4) is 0 Å². The van der Waals surface area contributed by atoms with E-state index in [0.29, 0.717) is 6.04 Å². The average molecular weight is 256 g/mol. The van der Waals surface area contributed by atoms with Crippen LogP contribution in [0, 0.1) is 6.92 Å². The predicted octanol–water partition coefficient (Wildman–Crippen LogP) is 3.85. The minimum atomic E-state index is 0.323. The van der Waals surface area contributed by atoms with Crippen LogP contribution in [0.1, 0.15) is 31.1 Å². The van der Waals surface area contributed by atoms with Crippen molar-refractivity contribution >= 4 is 0 Å². The zero-order chi connectivity index (χ0) is 13.7. The van der Waals surface area contributed by atoms with Crippen LogP contribution in [0.5, 0.6) is 11.5 Å². The van der Waals surface area contributed by atoms with Crippen molar-refractivity contribution in [3.63, 3.8) is 0 Å². The normalized spacial score (nSPS) is 12.2. The van der Waals surface area contributed by atoms with Crippen molar-refractivity contribution in [1.29, 1.82) is 0 Å². The molecule has 0 spiro atoms. The molecule has 1 aromatic carbocycles. The van der Waals surface area contributed by atoms with Gasteiger partial charge in [-0.15, -0.1) is 0 Å². The molecule has 0 bridgehead atoms. The van der Waals surface area contributed by atoms with E-state index in [4.69, 9.17) is 4.74 Å². The smallest absolute Gasteiger partial charge is 0.148 e. The van der Waals surface area contributed by atoms with Crippen molar-refractivity contribution in [2.45, 2.75) is 26.8 Å². The number of aromatic nitrogens is 1. The number of ether oxygens (including phenoxy) is 1. The first-order chi connectivity index (χ1) is 9.20. The number of hydrogen-bond donors (Lipinski definition) is 1. The molecule has 0 radical (unpaired) electrons. The number of benzene rings is 1. The maximum absolute atomic E-state index is 5.89. The maximum Gasteiger partial charge on any atom is 0.148 e. The summed E-state index contributed by atoms with van der Waals surface area (Å²) in [4.78, 5) is 4.22. The summed E-state index contributed by atoms with van der Waals surface area (Å²) in [5, 5.41) is 3.40. The summed E-state index contributed by atoms with van der Waals surface area (Å²) in [5.74, 6) is 1.65. The number of rotatable bonds is 5. The first kappa shape index (κ1) is 13.6. The Bertz CT molecular complexity index is 540. The van der Waals surface area contributed by atoms with Gasteiger partial charge in [-0.25, -0.2) is 0 Å². The molecular formula is C16H20N2O. The molecule has 3 nitrogen and oxygen atoms in total. The second kappa shape index (κ2) is 6.34. The number of nitrogens with one attached hydrogen (secondary N) is 1. The fourth-order valence-electron chi connectivity index (χ4n) is 1.98. The molecule has 1 aromatic heterocycles. The van der Waals surface area contributed by atoms with Crippen LogP contribution in [0.25, 0.3) is 0 Å². The Kier molecular flexibility index (Phi) is 4.53. The molecular weight excluding hydrogens is 236 g/mol. The van der Waals surface area contributed by atoms with Gasteiger partial charge in [0.15, 0.2) is 0 Å². The van der Waals surface area contributed by atoms with Crippen LogP contribution in [0.15, 0.2) is 42.6 Å². The van der Waals surface area contributed by atoms with E-state index in [1.165, 1.54) is 5.56 Å². The third-order valence-electron chi connectivity index (χ3n) is 3.05. The van der Waals surface area contributed by atoms with Gasteiger partial charge < -0.3 is 10.1 Å². The van der Waals surface area contributed by atoms with Gasteiger partial charge in [0.05, 0.1) is 5.69 Å². The molecule has 19 heavy (non-hydrogen) atoms. The summed E-state index contributed by atoms with van der Waals surface area (Å²) in [7, 11) is 0. The van der Waals surface area contributed by atoms with Gasteiger partial charge in [-0.1, -0.05) is 19.1 Å². The van der Waals surface area contributed by atoms with Crippen molar-refractivity contribution in [2.24, 2.45) is 0 Å². The number of pyridine rings is 1. The van der Waals surface area contributed by atoms with E-state index in [0.717, 1.165) is 23.7 Å². The molecule has 0 fully saturated rings. The molecule has 2 aromatic rings. The van der Waals surface area contributed by atoms with Gasteiger partial charge in [-0.2, -0.15) is 0 Å². The summed E-state index contributed by atoms with van der Waals surface area (Å²) in [6, 6.07) is 12.3. The molecule has 0 aliphatic heterocycles. The lowest BCUT2D eigenvalue weighted by Crippen LogP contribution is -2.17. The standard InChI is InChI=1S/C16H20N2O/c1-4-17-12(2)14-7-5-8-15(11-14)19-16-9-6-10-18-13(16)3/h5-12,17H,4H2,1-3H3. The third kappa shape index (κ3) is 3.55. The van der Waals surface area contributed by atoms with Gasteiger partial charge in [0.25, 0.3) is 0 Å². The molecule has 0 aliphatic carbocycles. The molecule has 1 unspecified atom stereocenters. The summed E-state index contributed by atoms with van der Waals surface area (Å²) in [6.45, 7) is 7.15. The minimum absolute atomic E-state index is 0.323. The predicted molar refractivity (Wildman–Crippen MR) is 77.6 cm³/mol. The van der Waals surface area contributed by atoms with Crippen LogP contribution >= 0.6 is 0 Å². The molecule has 3 heteroatoms. The monoisotopic (exact) mass is 256 g/mol. The maximum atomic E-state index is 5.89. The Morgan fingerprint density at radius 3 is 2.84 bits per heavy atom. The van der Waals surface area contributed by atoms with Crippen molar-refractivity contribution in [2.75, 3.05) is 6.54 Å². The highest BCUT2D eigenvalue weighted by Crippen LogP contribution is 2.25. The summed E-state index contributed by atoms with van der Waals surface area (Å²) in [5.41, 5.74) is 2.12. The second-order valence-corrected chi connectivity index (χ2v) is 4.54. The quantitative estimate of drug-likeness (QED) is 0.882. The zero-order valence-electron chi connectivity index (χ0n) is 11.7. The van der Waals surface area contributed by atoms with E-state index in [9.17, 15) is 0 Å². The van der Waals surface area contributed by atoms with Gasteiger partial charge in [-0.3, -0.25) is 4.98 Å². The Morgan fingerprint density at radius 2 is 2.11 bits per heavy atom. The van der Waals surface area contributed by atoms with Crippen molar-refractivity contribution in [3.8, 4) is 11.5 Å². The first-order valence-electron chi connectivity index (χ1n) is 6.63. The topological polar surface area (TPSA) is 34.1 Å². The highest BCUT2D eigenvalue weighted by Gasteiger charge is 2.06. The summed E-state index contributed by atoms with van der Waals surface area (Å²) < 4.78 is 5.89. The fourth-order valence-corrected chi connectivity index (χ4v) is 1.98. The van der Waals surface area contributed by atoms with Crippen LogP contribution in [0.2, 0.25) is 0 Å². The van der Waals surface area contributed by atoms with Crippen molar-refractivity contribution < 1.29 is 4.74 Å². The van der Waals surface area contributed by atoms with Crippen LogP contribution in [0.4, 0.5) is 0 Å². The molecule has 0 aliphatic rings. The molecule has 1 atom stereocenters. The summed E-state index contributed by atoms with van der Waals surface area (Å²) >= 11 is 0. The Hall–Kier alpha value is -1.87. The SMILES string of the molecule is CCNC(C)c1cccc(Oc2cccnc2C)c1. The van der Waals surface area contributed by atoms with Gasteiger partial charge in [-0.05, 0) is 50.2 Å². The lowest BCUT2D eigenvalue weighted by atomic mass is 10.1. The molecule has 1 N–H and O–H groups in total. The van der Waals surface area contributed by atoms with E-state index in [1.54, 1.807) is 6.20 Å². The van der Waals surface area contributed by atoms with E-state index < -0.39 is 0 Å². The highest BCUT2D eigenvalue weighted by atomic mass is 16.5. The number of nitrogens with zero attached hydrogens (tertiary/aromatic N) is 1. The third-order valence-corrected chi connectivity index (χ3v) is 3.05. The van der Waals surface area contributed by atoms with Crippen LogP contribution < -0.4 is 10.1 Å². The van der Waals surface area contributed by atoms with Crippen molar-refractivity contribution in [3.05, 3.63) is 53.9 Å². The largest absolute Gasteiger partial charge is 0.455 e. The summed E-state index contributed by atoms with van der Waals surface area (Å²) in [6.07, 6.45) is 1.77. The van der Waals surface area contributed by atoms with E-state index in [2.05, 4.69) is 36.3 Å². The number of aryl methyl sites for hydroxylation is 1. The Morgan fingerprint density at radius 1 is 1.26 bits per heavy atom. The highest BCUT2D eigenvalue weighted by molar-refractivity contribution is 5.36. The van der Waals surface area contributed by atoms with Gasteiger partial charge in [0.1, 0.15) is 11.5 Å². The van der Waals surface area contributed by atoms with Crippen LogP contribution in [-0.2, 0) is 0 Å². The molecule has 100 valence electrons. The minimum Gasteiger partial charge on any atom is -0.455 e. The van der Waals surface area contributed by atoms with Gasteiger partial charge >= 0.3 is 0 Å². The first-order valence-corrected chi connectivity index (χ1v) is 6.63. The molecule has 1 heterocycles. The van der Waals surface area contributed by atoms with Gasteiger partial charge in [0, 0.05) is 12.2 Å². The average Bonchev–Trinajstić information content (AvgIpc) is 2.42. The van der Waals surface area contributed by atoms with E-state index in [1.807, 2.05) is 31.2 Å².